The van der Waals surface area contributed by atoms with E-state index in [2.05, 4.69) is 67.7 Å². The molecule has 114 valence electrons. The van der Waals surface area contributed by atoms with E-state index in [-0.39, 0.29) is 0 Å². The fourth-order valence-electron chi connectivity index (χ4n) is 2.01. The molecule has 3 nitrogen and oxygen atoms in total. The Morgan fingerprint density at radius 3 is 2.57 bits per heavy atom. The highest BCUT2D eigenvalue weighted by Crippen LogP contribution is 2.22. The van der Waals surface area contributed by atoms with Crippen LogP contribution in [-0.2, 0) is 12.3 Å². The lowest BCUT2D eigenvalue weighted by molar-refractivity contribution is 0.529. The highest BCUT2D eigenvalue weighted by atomic mass is 32.2. The summed E-state index contributed by atoms with van der Waals surface area (Å²) in [5.74, 6) is 0.924. The quantitative estimate of drug-likeness (QED) is 0.584. The number of hydrogen-bond acceptors (Lipinski definition) is 3. The Balaban J connectivity index is 1.82. The van der Waals surface area contributed by atoms with Gasteiger partial charge in [-0.1, -0.05) is 19.1 Å². The van der Waals surface area contributed by atoms with Gasteiger partial charge in [-0.05, 0) is 50.6 Å². The van der Waals surface area contributed by atoms with Crippen molar-refractivity contribution >= 4 is 11.8 Å². The predicted molar refractivity (Wildman–Crippen MR) is 90.6 cm³/mol. The van der Waals surface area contributed by atoms with Crippen LogP contribution in [0.3, 0.4) is 0 Å². The first-order chi connectivity index (χ1) is 10.2. The largest absolute Gasteiger partial charge is 0.313 e. The molecule has 0 bridgehead atoms. The summed E-state index contributed by atoms with van der Waals surface area (Å²) >= 11 is 1.84. The molecular weight excluding hydrogens is 278 g/mol. The summed E-state index contributed by atoms with van der Waals surface area (Å²) in [5, 5.41) is 8.00. The molecule has 0 saturated heterocycles. The fourth-order valence-corrected chi connectivity index (χ4v) is 2.81. The minimum Gasteiger partial charge on any atom is -0.313 e. The lowest BCUT2D eigenvalue weighted by atomic mass is 10.2. The first-order valence-electron chi connectivity index (χ1n) is 7.65. The molecule has 1 aromatic heterocycles. The SMILES string of the molecule is CCCNCc1ccc(SCc2ccn(C(C)C)n2)cc1. The average Bonchev–Trinajstić information content (AvgIpc) is 2.96. The summed E-state index contributed by atoms with van der Waals surface area (Å²) < 4.78 is 2.01. The van der Waals surface area contributed by atoms with Gasteiger partial charge >= 0.3 is 0 Å². The molecular formula is C17H25N3S. The van der Waals surface area contributed by atoms with Crippen LogP contribution in [0.4, 0.5) is 0 Å². The summed E-state index contributed by atoms with van der Waals surface area (Å²) in [6.45, 7) is 8.52. The van der Waals surface area contributed by atoms with Gasteiger partial charge in [0.25, 0.3) is 0 Å². The summed E-state index contributed by atoms with van der Waals surface area (Å²) in [6, 6.07) is 11.4. The number of rotatable bonds is 8. The van der Waals surface area contributed by atoms with Crippen LogP contribution in [-0.4, -0.2) is 16.3 Å². The maximum absolute atomic E-state index is 4.58. The second-order valence-electron chi connectivity index (χ2n) is 5.49. The molecule has 0 aliphatic heterocycles. The lowest BCUT2D eigenvalue weighted by Gasteiger charge is -2.05. The second-order valence-corrected chi connectivity index (χ2v) is 6.54. The zero-order valence-corrected chi connectivity index (χ0v) is 14.0. The second kappa shape index (κ2) is 8.25. The van der Waals surface area contributed by atoms with Crippen LogP contribution in [0.5, 0.6) is 0 Å². The van der Waals surface area contributed by atoms with Gasteiger partial charge in [-0.2, -0.15) is 5.10 Å². The molecule has 1 N–H and O–H groups in total. The van der Waals surface area contributed by atoms with Crippen LogP contribution < -0.4 is 5.32 Å². The first-order valence-corrected chi connectivity index (χ1v) is 8.64. The van der Waals surface area contributed by atoms with Gasteiger partial charge in [-0.3, -0.25) is 4.68 Å². The van der Waals surface area contributed by atoms with E-state index in [1.54, 1.807) is 0 Å². The lowest BCUT2D eigenvalue weighted by Crippen LogP contribution is -2.13. The molecule has 0 atom stereocenters. The third-order valence-corrected chi connectivity index (χ3v) is 4.30. The van der Waals surface area contributed by atoms with Crippen LogP contribution in [0.1, 0.15) is 44.5 Å². The van der Waals surface area contributed by atoms with Crippen molar-refractivity contribution in [3.05, 3.63) is 47.8 Å². The predicted octanol–water partition coefficient (Wildman–Crippen LogP) is 4.26. The number of aromatic nitrogens is 2. The molecule has 0 aliphatic carbocycles. The van der Waals surface area contributed by atoms with E-state index in [1.807, 2.05) is 16.4 Å². The maximum atomic E-state index is 4.58. The summed E-state index contributed by atoms with van der Waals surface area (Å²) in [7, 11) is 0. The molecule has 0 saturated carbocycles. The smallest absolute Gasteiger partial charge is 0.0727 e. The van der Waals surface area contributed by atoms with E-state index in [0.29, 0.717) is 6.04 Å². The van der Waals surface area contributed by atoms with Crippen molar-refractivity contribution in [3.8, 4) is 0 Å². The standard InChI is InChI=1S/C17H25N3S/c1-4-10-18-12-15-5-7-17(8-6-15)21-13-16-9-11-20(19-16)14(2)3/h5-9,11,14,18H,4,10,12-13H2,1-3H3. The maximum Gasteiger partial charge on any atom is 0.0727 e. The van der Waals surface area contributed by atoms with Crippen molar-refractivity contribution in [2.24, 2.45) is 0 Å². The number of hydrogen-bond donors (Lipinski definition) is 1. The van der Waals surface area contributed by atoms with Crippen LogP contribution >= 0.6 is 11.8 Å². The highest BCUT2D eigenvalue weighted by Gasteiger charge is 2.03. The Morgan fingerprint density at radius 1 is 1.19 bits per heavy atom. The van der Waals surface area contributed by atoms with Gasteiger partial charge in [0.1, 0.15) is 0 Å². The van der Waals surface area contributed by atoms with E-state index in [4.69, 9.17) is 0 Å². The van der Waals surface area contributed by atoms with Crippen molar-refractivity contribution in [1.82, 2.24) is 15.1 Å². The molecule has 0 aliphatic rings. The monoisotopic (exact) mass is 303 g/mol. The van der Waals surface area contributed by atoms with Gasteiger partial charge < -0.3 is 5.32 Å². The molecule has 4 heteroatoms. The highest BCUT2D eigenvalue weighted by molar-refractivity contribution is 7.98. The Hall–Kier alpha value is -1.26. The average molecular weight is 303 g/mol. The Bertz CT molecular complexity index is 531. The van der Waals surface area contributed by atoms with E-state index in [1.165, 1.54) is 16.9 Å². The molecule has 0 radical (unpaired) electrons. The van der Waals surface area contributed by atoms with Crippen molar-refractivity contribution in [1.29, 1.82) is 0 Å². The molecule has 2 aromatic rings. The Morgan fingerprint density at radius 2 is 1.95 bits per heavy atom. The molecule has 21 heavy (non-hydrogen) atoms. The van der Waals surface area contributed by atoms with Crippen molar-refractivity contribution < 1.29 is 0 Å². The molecule has 2 rings (SSSR count). The van der Waals surface area contributed by atoms with E-state index < -0.39 is 0 Å². The molecule has 0 unspecified atom stereocenters. The number of nitrogens with one attached hydrogen (secondary N) is 1. The van der Waals surface area contributed by atoms with Gasteiger partial charge in [0.15, 0.2) is 0 Å². The first kappa shape index (κ1) is 16.1. The van der Waals surface area contributed by atoms with Crippen LogP contribution in [0.25, 0.3) is 0 Å². The van der Waals surface area contributed by atoms with Gasteiger partial charge in [0.2, 0.25) is 0 Å². The van der Waals surface area contributed by atoms with Crippen LogP contribution in [0, 0.1) is 0 Å². The topological polar surface area (TPSA) is 29.9 Å². The molecule has 0 fully saturated rings. The minimum absolute atomic E-state index is 0.429. The molecule has 0 amide bonds. The zero-order chi connectivity index (χ0) is 15.1. The third kappa shape index (κ3) is 5.21. The summed E-state index contributed by atoms with van der Waals surface area (Å²) in [4.78, 5) is 1.30. The van der Waals surface area contributed by atoms with Gasteiger partial charge in [-0.25, -0.2) is 0 Å². The third-order valence-electron chi connectivity index (χ3n) is 3.26. The zero-order valence-electron chi connectivity index (χ0n) is 13.2. The minimum atomic E-state index is 0.429. The van der Waals surface area contributed by atoms with E-state index in [0.717, 1.165) is 24.5 Å². The number of thioether (sulfide) groups is 1. The van der Waals surface area contributed by atoms with Gasteiger partial charge in [0, 0.05) is 29.4 Å². The van der Waals surface area contributed by atoms with Crippen LogP contribution in [0.2, 0.25) is 0 Å². The molecule has 0 spiro atoms. The molecule has 1 heterocycles. The van der Waals surface area contributed by atoms with Crippen molar-refractivity contribution in [2.45, 2.75) is 50.4 Å². The van der Waals surface area contributed by atoms with E-state index >= 15 is 0 Å². The van der Waals surface area contributed by atoms with Gasteiger partial charge in [-0.15, -0.1) is 11.8 Å². The number of nitrogens with zero attached hydrogens (tertiary/aromatic N) is 2. The van der Waals surface area contributed by atoms with Crippen molar-refractivity contribution in [2.75, 3.05) is 6.54 Å². The Labute approximate surface area is 132 Å². The van der Waals surface area contributed by atoms with Crippen LogP contribution in [0.15, 0.2) is 41.4 Å². The summed E-state index contributed by atoms with van der Waals surface area (Å²) in [6.07, 6.45) is 3.24. The Kier molecular flexibility index (Phi) is 6.33. The van der Waals surface area contributed by atoms with Gasteiger partial charge in [0.05, 0.1) is 5.69 Å². The van der Waals surface area contributed by atoms with Crippen molar-refractivity contribution in [3.63, 3.8) is 0 Å². The normalized spacial score (nSPS) is 11.2. The fraction of sp³-hybridized carbons (Fsp3) is 0.471. The summed E-state index contributed by atoms with van der Waals surface area (Å²) in [5.41, 5.74) is 2.49. The molecule has 1 aromatic carbocycles. The van der Waals surface area contributed by atoms with E-state index in [9.17, 15) is 0 Å². The number of benzene rings is 1.